The molecule has 0 radical (unpaired) electrons. The standard InChI is InChI=1S/C26H29N3O3S2/c1-16-9-10-18-17(14-22(30)32-20(18)13-16)15-33-26-27-24-23(19-7-4-5-8-21(19)34-24)25(31)29(26)12-6-11-28(2)3/h9-10,13-14H,4-8,11-12,15H2,1-3H3. The summed E-state index contributed by atoms with van der Waals surface area (Å²) in [5.41, 5.74) is 3.49. The zero-order valence-corrected chi connectivity index (χ0v) is 21.5. The van der Waals surface area contributed by atoms with Gasteiger partial charge in [0.1, 0.15) is 10.4 Å². The molecule has 0 saturated heterocycles. The van der Waals surface area contributed by atoms with E-state index < -0.39 is 0 Å². The molecule has 4 aromatic rings. The van der Waals surface area contributed by atoms with Crippen LogP contribution in [0.1, 0.15) is 40.8 Å². The molecule has 0 saturated carbocycles. The average molecular weight is 496 g/mol. The molecular formula is C26H29N3O3S2. The smallest absolute Gasteiger partial charge is 0.336 e. The van der Waals surface area contributed by atoms with Gasteiger partial charge in [-0.3, -0.25) is 9.36 Å². The lowest BCUT2D eigenvalue weighted by molar-refractivity contribution is 0.379. The molecule has 8 heteroatoms. The Balaban J connectivity index is 1.55. The lowest BCUT2D eigenvalue weighted by Gasteiger charge is -2.15. The van der Waals surface area contributed by atoms with Gasteiger partial charge in [-0.25, -0.2) is 9.78 Å². The van der Waals surface area contributed by atoms with Gasteiger partial charge < -0.3 is 9.32 Å². The number of fused-ring (bicyclic) bond motifs is 4. The topological polar surface area (TPSA) is 68.3 Å². The Morgan fingerprint density at radius 1 is 1.18 bits per heavy atom. The lowest BCUT2D eigenvalue weighted by atomic mass is 9.97. The molecule has 1 aliphatic rings. The summed E-state index contributed by atoms with van der Waals surface area (Å²) in [5, 5.41) is 2.48. The first-order valence-electron chi connectivity index (χ1n) is 11.8. The fourth-order valence-electron chi connectivity index (χ4n) is 4.67. The summed E-state index contributed by atoms with van der Waals surface area (Å²) >= 11 is 3.21. The second-order valence-electron chi connectivity index (χ2n) is 9.28. The van der Waals surface area contributed by atoms with Gasteiger partial charge in [-0.15, -0.1) is 11.3 Å². The molecule has 3 heterocycles. The van der Waals surface area contributed by atoms with E-state index in [4.69, 9.17) is 9.40 Å². The number of rotatable bonds is 7. The Bertz CT molecular complexity index is 1480. The summed E-state index contributed by atoms with van der Waals surface area (Å²) in [6, 6.07) is 7.47. The number of thiophene rings is 1. The van der Waals surface area contributed by atoms with Gasteiger partial charge in [-0.2, -0.15) is 0 Å². The molecule has 1 aliphatic carbocycles. The highest BCUT2D eigenvalue weighted by Gasteiger charge is 2.22. The van der Waals surface area contributed by atoms with Crippen LogP contribution in [0.3, 0.4) is 0 Å². The van der Waals surface area contributed by atoms with Crippen LogP contribution in [0.4, 0.5) is 0 Å². The van der Waals surface area contributed by atoms with Crippen molar-refractivity contribution in [2.24, 2.45) is 0 Å². The maximum atomic E-state index is 13.7. The minimum atomic E-state index is -0.355. The SMILES string of the molecule is Cc1ccc2c(CSc3nc4sc5c(c4c(=O)n3CCCN(C)C)CCCC5)cc(=O)oc2c1. The van der Waals surface area contributed by atoms with E-state index >= 15 is 0 Å². The lowest BCUT2D eigenvalue weighted by Crippen LogP contribution is -2.26. The normalized spacial score (nSPS) is 13.8. The molecule has 6 nitrogen and oxygen atoms in total. The number of hydrogen-bond donors (Lipinski definition) is 0. The molecule has 178 valence electrons. The molecule has 0 N–H and O–H groups in total. The van der Waals surface area contributed by atoms with Crippen molar-refractivity contribution in [3.63, 3.8) is 0 Å². The summed E-state index contributed by atoms with van der Waals surface area (Å²) in [6.07, 6.45) is 5.21. The predicted molar refractivity (Wildman–Crippen MR) is 140 cm³/mol. The molecule has 0 atom stereocenters. The minimum Gasteiger partial charge on any atom is -0.423 e. The number of thioether (sulfide) groups is 1. The first-order chi connectivity index (χ1) is 16.4. The second kappa shape index (κ2) is 9.68. The molecule has 5 rings (SSSR count). The number of aromatic nitrogens is 2. The fraction of sp³-hybridized carbons (Fsp3) is 0.423. The summed E-state index contributed by atoms with van der Waals surface area (Å²) in [5.74, 6) is 0.544. The van der Waals surface area contributed by atoms with Crippen molar-refractivity contribution in [2.75, 3.05) is 20.6 Å². The van der Waals surface area contributed by atoms with Gasteiger partial charge in [0.15, 0.2) is 5.16 Å². The Hall–Kier alpha value is -2.42. The van der Waals surface area contributed by atoms with Crippen molar-refractivity contribution in [3.05, 3.63) is 66.6 Å². The summed E-state index contributed by atoms with van der Waals surface area (Å²) in [4.78, 5) is 35.2. The van der Waals surface area contributed by atoms with Gasteiger partial charge in [-0.1, -0.05) is 23.9 Å². The Labute approximate surface area is 206 Å². The first kappa shape index (κ1) is 23.3. The Morgan fingerprint density at radius 2 is 2.00 bits per heavy atom. The van der Waals surface area contributed by atoms with E-state index in [1.807, 2.05) is 43.8 Å². The molecule has 1 aromatic carbocycles. The second-order valence-corrected chi connectivity index (χ2v) is 11.3. The molecule has 34 heavy (non-hydrogen) atoms. The van der Waals surface area contributed by atoms with Gasteiger partial charge in [0.05, 0.1) is 5.39 Å². The molecule has 0 spiro atoms. The largest absolute Gasteiger partial charge is 0.423 e. The van der Waals surface area contributed by atoms with E-state index in [9.17, 15) is 9.59 Å². The highest BCUT2D eigenvalue weighted by atomic mass is 32.2. The van der Waals surface area contributed by atoms with Crippen molar-refractivity contribution >= 4 is 44.3 Å². The van der Waals surface area contributed by atoms with Crippen LogP contribution < -0.4 is 11.2 Å². The van der Waals surface area contributed by atoms with Crippen molar-refractivity contribution in [1.29, 1.82) is 0 Å². The van der Waals surface area contributed by atoms with E-state index in [-0.39, 0.29) is 11.2 Å². The van der Waals surface area contributed by atoms with Crippen LogP contribution in [-0.4, -0.2) is 35.1 Å². The summed E-state index contributed by atoms with van der Waals surface area (Å²) < 4.78 is 7.28. The van der Waals surface area contributed by atoms with Crippen LogP contribution in [0.5, 0.6) is 0 Å². The third-order valence-corrected chi connectivity index (χ3v) is 8.58. The Morgan fingerprint density at radius 3 is 2.82 bits per heavy atom. The highest BCUT2D eigenvalue weighted by molar-refractivity contribution is 7.98. The first-order valence-corrected chi connectivity index (χ1v) is 13.6. The maximum Gasteiger partial charge on any atom is 0.336 e. The predicted octanol–water partition coefficient (Wildman–Crippen LogP) is 5.00. The molecule has 0 fully saturated rings. The van der Waals surface area contributed by atoms with Crippen molar-refractivity contribution < 1.29 is 4.42 Å². The van der Waals surface area contributed by atoms with Crippen molar-refractivity contribution in [1.82, 2.24) is 14.5 Å². The van der Waals surface area contributed by atoms with E-state index in [0.717, 1.165) is 64.1 Å². The zero-order chi connectivity index (χ0) is 23.8. The average Bonchev–Trinajstić information content (AvgIpc) is 3.17. The van der Waals surface area contributed by atoms with Crippen LogP contribution in [0.15, 0.2) is 43.4 Å². The van der Waals surface area contributed by atoms with Gasteiger partial charge >= 0.3 is 5.63 Å². The third-order valence-electron chi connectivity index (χ3n) is 6.37. The molecule has 3 aromatic heterocycles. The van der Waals surface area contributed by atoms with Crippen LogP contribution in [0.25, 0.3) is 21.2 Å². The van der Waals surface area contributed by atoms with Gasteiger partial charge in [0.25, 0.3) is 5.56 Å². The van der Waals surface area contributed by atoms with Crippen LogP contribution in [-0.2, 0) is 25.1 Å². The third kappa shape index (κ3) is 4.59. The van der Waals surface area contributed by atoms with E-state index in [2.05, 4.69) is 4.90 Å². The van der Waals surface area contributed by atoms with E-state index in [1.54, 1.807) is 17.4 Å². The van der Waals surface area contributed by atoms with Crippen molar-refractivity contribution in [3.8, 4) is 0 Å². The van der Waals surface area contributed by atoms with Gasteiger partial charge in [-0.05, 0) is 82.4 Å². The van der Waals surface area contributed by atoms with Gasteiger partial charge in [0, 0.05) is 28.6 Å². The maximum absolute atomic E-state index is 13.7. The molecule has 0 bridgehead atoms. The Kier molecular flexibility index (Phi) is 6.64. The van der Waals surface area contributed by atoms with E-state index in [0.29, 0.717) is 17.9 Å². The minimum absolute atomic E-state index is 0.0821. The summed E-state index contributed by atoms with van der Waals surface area (Å²) in [6.45, 7) is 3.51. The molecule has 0 unspecified atom stereocenters. The van der Waals surface area contributed by atoms with Gasteiger partial charge in [0.2, 0.25) is 0 Å². The molecule has 0 aliphatic heterocycles. The molecular weight excluding hydrogens is 466 g/mol. The highest BCUT2D eigenvalue weighted by Crippen LogP contribution is 2.35. The van der Waals surface area contributed by atoms with E-state index in [1.165, 1.54) is 28.6 Å². The van der Waals surface area contributed by atoms with Crippen LogP contribution >= 0.6 is 23.1 Å². The quantitative estimate of drug-likeness (QED) is 0.204. The number of aryl methyl sites for hydroxylation is 3. The van der Waals surface area contributed by atoms with Crippen LogP contribution in [0.2, 0.25) is 0 Å². The zero-order valence-electron chi connectivity index (χ0n) is 19.8. The number of hydrogen-bond acceptors (Lipinski definition) is 7. The van der Waals surface area contributed by atoms with Crippen molar-refractivity contribution in [2.45, 2.75) is 56.5 Å². The molecule has 0 amide bonds. The fourth-order valence-corrected chi connectivity index (χ4v) is 6.99. The monoisotopic (exact) mass is 495 g/mol. The number of benzene rings is 1. The summed E-state index contributed by atoms with van der Waals surface area (Å²) in [7, 11) is 4.09. The number of nitrogens with zero attached hydrogens (tertiary/aromatic N) is 3. The van der Waals surface area contributed by atoms with Crippen LogP contribution in [0, 0.1) is 6.92 Å².